The van der Waals surface area contributed by atoms with E-state index in [2.05, 4.69) is 41.0 Å². The zero-order chi connectivity index (χ0) is 10.5. The van der Waals surface area contributed by atoms with E-state index >= 15 is 0 Å². The van der Waals surface area contributed by atoms with E-state index in [-0.39, 0.29) is 0 Å². The van der Waals surface area contributed by atoms with Crippen LogP contribution in [0, 0.1) is 0 Å². The molecule has 1 heterocycles. The maximum absolute atomic E-state index is 3.40. The second kappa shape index (κ2) is 5.10. The van der Waals surface area contributed by atoms with Gasteiger partial charge in [-0.05, 0) is 36.7 Å². The number of fused-ring (bicyclic) bond motifs is 1. The van der Waals surface area contributed by atoms with Gasteiger partial charge in [-0.25, -0.2) is 0 Å². The summed E-state index contributed by atoms with van der Waals surface area (Å²) >= 11 is 0. The highest BCUT2D eigenvalue weighted by Crippen LogP contribution is 2.16. The first-order valence-electron chi connectivity index (χ1n) is 5.54. The fourth-order valence-corrected chi connectivity index (χ4v) is 1.92. The van der Waals surface area contributed by atoms with Crippen LogP contribution in [0.4, 0.5) is 0 Å². The third-order valence-corrected chi connectivity index (χ3v) is 2.75. The first-order chi connectivity index (χ1) is 7.40. The fourth-order valence-electron chi connectivity index (χ4n) is 1.92. The highest BCUT2D eigenvalue weighted by atomic mass is 14.9. The third-order valence-electron chi connectivity index (χ3n) is 2.75. The van der Waals surface area contributed by atoms with Crippen molar-refractivity contribution in [3.8, 4) is 0 Å². The van der Waals surface area contributed by atoms with Crippen LogP contribution in [0.1, 0.15) is 16.7 Å². The second-order valence-corrected chi connectivity index (χ2v) is 3.91. The van der Waals surface area contributed by atoms with Crippen molar-refractivity contribution in [3.63, 3.8) is 0 Å². The lowest BCUT2D eigenvalue weighted by Crippen LogP contribution is -2.23. The molecule has 1 aliphatic heterocycles. The van der Waals surface area contributed by atoms with Crippen LogP contribution in [0.15, 0.2) is 24.3 Å². The number of benzene rings is 1. The maximum atomic E-state index is 3.40. The van der Waals surface area contributed by atoms with Crippen molar-refractivity contribution in [2.45, 2.75) is 13.0 Å². The molecule has 2 heteroatoms. The van der Waals surface area contributed by atoms with Crippen molar-refractivity contribution in [2.75, 3.05) is 20.1 Å². The van der Waals surface area contributed by atoms with E-state index in [4.69, 9.17) is 0 Å². The average Bonchev–Trinajstić information content (AvgIpc) is 2.29. The minimum Gasteiger partial charge on any atom is -0.316 e. The van der Waals surface area contributed by atoms with Crippen molar-refractivity contribution in [2.24, 2.45) is 0 Å². The van der Waals surface area contributed by atoms with Crippen LogP contribution in [-0.2, 0) is 13.0 Å². The predicted molar refractivity (Wildman–Crippen MR) is 64.8 cm³/mol. The fraction of sp³-hybridized carbons (Fsp3) is 0.385. The normalized spacial score (nSPS) is 15.5. The highest BCUT2D eigenvalue weighted by molar-refractivity contribution is 5.52. The molecule has 0 atom stereocenters. The Morgan fingerprint density at radius 2 is 2.33 bits per heavy atom. The lowest BCUT2D eigenvalue weighted by atomic mass is 9.98. The Balaban J connectivity index is 2.13. The van der Waals surface area contributed by atoms with Gasteiger partial charge in [0.15, 0.2) is 0 Å². The molecule has 0 fully saturated rings. The Hall–Kier alpha value is -1.12. The smallest absolute Gasteiger partial charge is 0.0208 e. The molecule has 15 heavy (non-hydrogen) atoms. The van der Waals surface area contributed by atoms with E-state index in [0.29, 0.717) is 0 Å². The van der Waals surface area contributed by atoms with Crippen LogP contribution in [0.2, 0.25) is 0 Å². The first-order valence-corrected chi connectivity index (χ1v) is 5.54. The predicted octanol–water partition coefficient (Wildman–Crippen LogP) is 1.56. The lowest BCUT2D eigenvalue weighted by molar-refractivity contribution is 0.643. The van der Waals surface area contributed by atoms with Crippen molar-refractivity contribution in [1.82, 2.24) is 10.6 Å². The minimum atomic E-state index is 0.926. The molecule has 0 saturated heterocycles. The molecule has 0 bridgehead atoms. The summed E-state index contributed by atoms with van der Waals surface area (Å²) < 4.78 is 0. The number of likely N-dealkylation sites (N-methyl/N-ethyl adjacent to an activating group) is 1. The maximum Gasteiger partial charge on any atom is 0.0208 e. The largest absolute Gasteiger partial charge is 0.316 e. The van der Waals surface area contributed by atoms with Gasteiger partial charge in [0.2, 0.25) is 0 Å². The van der Waals surface area contributed by atoms with E-state index in [0.717, 1.165) is 26.1 Å². The molecule has 0 saturated carbocycles. The molecule has 0 radical (unpaired) electrons. The van der Waals surface area contributed by atoms with Gasteiger partial charge in [-0.2, -0.15) is 0 Å². The van der Waals surface area contributed by atoms with Crippen LogP contribution in [0.5, 0.6) is 0 Å². The molecule has 2 N–H and O–H groups in total. The summed E-state index contributed by atoms with van der Waals surface area (Å²) in [5, 5.41) is 6.50. The monoisotopic (exact) mass is 202 g/mol. The summed E-state index contributed by atoms with van der Waals surface area (Å²) in [5.74, 6) is 0. The summed E-state index contributed by atoms with van der Waals surface area (Å²) in [6.45, 7) is 3.06. The molecule has 2 rings (SSSR count). The standard InChI is InChI=1S/C13H18N2/c1-14-7-2-3-11-4-5-12-6-8-15-10-13(12)9-11/h2-5,9,14-15H,6-8,10H2,1H3. The minimum absolute atomic E-state index is 0.926. The zero-order valence-electron chi connectivity index (χ0n) is 9.22. The Bertz CT molecular complexity index is 356. The summed E-state index contributed by atoms with van der Waals surface area (Å²) in [5.41, 5.74) is 4.25. The second-order valence-electron chi connectivity index (χ2n) is 3.91. The van der Waals surface area contributed by atoms with Gasteiger partial charge in [-0.1, -0.05) is 30.4 Å². The topological polar surface area (TPSA) is 24.1 Å². The zero-order valence-corrected chi connectivity index (χ0v) is 9.22. The molecule has 80 valence electrons. The van der Waals surface area contributed by atoms with Crippen LogP contribution in [0.3, 0.4) is 0 Å². The quantitative estimate of drug-likeness (QED) is 0.777. The van der Waals surface area contributed by atoms with Crippen molar-refractivity contribution < 1.29 is 0 Å². The van der Waals surface area contributed by atoms with Crippen LogP contribution in [-0.4, -0.2) is 20.1 Å². The molecule has 1 aliphatic rings. The Kier molecular flexibility index (Phi) is 3.54. The van der Waals surface area contributed by atoms with Gasteiger partial charge < -0.3 is 10.6 Å². The van der Waals surface area contributed by atoms with Crippen molar-refractivity contribution in [1.29, 1.82) is 0 Å². The Morgan fingerprint density at radius 3 is 3.20 bits per heavy atom. The average molecular weight is 202 g/mol. The van der Waals surface area contributed by atoms with Gasteiger partial charge in [0.1, 0.15) is 0 Å². The number of nitrogens with one attached hydrogen (secondary N) is 2. The van der Waals surface area contributed by atoms with Gasteiger partial charge in [-0.3, -0.25) is 0 Å². The van der Waals surface area contributed by atoms with Crippen molar-refractivity contribution >= 4 is 6.08 Å². The third kappa shape index (κ3) is 2.67. The summed E-state index contributed by atoms with van der Waals surface area (Å²) in [7, 11) is 1.96. The van der Waals surface area contributed by atoms with E-state index in [1.165, 1.54) is 16.7 Å². The molecule has 0 spiro atoms. The van der Waals surface area contributed by atoms with E-state index in [1.807, 2.05) is 7.05 Å². The Morgan fingerprint density at radius 1 is 1.40 bits per heavy atom. The lowest BCUT2D eigenvalue weighted by Gasteiger charge is -2.17. The van der Waals surface area contributed by atoms with E-state index in [1.54, 1.807) is 0 Å². The molecule has 0 amide bonds. The SMILES string of the molecule is CNCC=Cc1ccc2c(c1)CNCC2. The molecule has 0 aromatic heterocycles. The van der Waals surface area contributed by atoms with E-state index < -0.39 is 0 Å². The molecule has 0 aliphatic carbocycles. The van der Waals surface area contributed by atoms with Crippen LogP contribution >= 0.6 is 0 Å². The van der Waals surface area contributed by atoms with Gasteiger partial charge in [0.05, 0.1) is 0 Å². The molecular formula is C13H18N2. The molecular weight excluding hydrogens is 184 g/mol. The summed E-state index contributed by atoms with van der Waals surface area (Å²) in [6, 6.07) is 6.75. The summed E-state index contributed by atoms with van der Waals surface area (Å²) in [6.07, 6.45) is 5.49. The van der Waals surface area contributed by atoms with E-state index in [9.17, 15) is 0 Å². The Labute approximate surface area is 91.4 Å². The first kappa shape index (κ1) is 10.4. The number of hydrogen-bond donors (Lipinski definition) is 2. The number of rotatable bonds is 3. The number of hydrogen-bond acceptors (Lipinski definition) is 2. The van der Waals surface area contributed by atoms with Gasteiger partial charge in [-0.15, -0.1) is 0 Å². The molecule has 1 aromatic rings. The van der Waals surface area contributed by atoms with Gasteiger partial charge >= 0.3 is 0 Å². The van der Waals surface area contributed by atoms with Crippen LogP contribution in [0.25, 0.3) is 6.08 Å². The van der Waals surface area contributed by atoms with Gasteiger partial charge in [0, 0.05) is 13.1 Å². The molecule has 1 aromatic carbocycles. The highest BCUT2D eigenvalue weighted by Gasteiger charge is 2.07. The summed E-state index contributed by atoms with van der Waals surface area (Å²) in [4.78, 5) is 0. The van der Waals surface area contributed by atoms with Gasteiger partial charge in [0.25, 0.3) is 0 Å². The van der Waals surface area contributed by atoms with Crippen LogP contribution < -0.4 is 10.6 Å². The molecule has 2 nitrogen and oxygen atoms in total. The molecule has 0 unspecified atom stereocenters. The van der Waals surface area contributed by atoms with Crippen molar-refractivity contribution in [3.05, 3.63) is 41.0 Å².